The summed E-state index contributed by atoms with van der Waals surface area (Å²) >= 11 is 0. The highest BCUT2D eigenvalue weighted by Crippen LogP contribution is 2.24. The molecule has 6 heteroatoms. The third-order valence-corrected chi connectivity index (χ3v) is 3.07. The molecule has 3 N–H and O–H groups in total. The summed E-state index contributed by atoms with van der Waals surface area (Å²) in [5.74, 6) is -0.877. The molecule has 0 aliphatic carbocycles. The van der Waals surface area contributed by atoms with Crippen LogP contribution in [0.25, 0.3) is 16.8 Å². The Morgan fingerprint density at radius 2 is 1.95 bits per heavy atom. The lowest BCUT2D eigenvalue weighted by Crippen LogP contribution is -2.02. The number of benzene rings is 1. The van der Waals surface area contributed by atoms with Crippen LogP contribution in [0.15, 0.2) is 55.0 Å². The van der Waals surface area contributed by atoms with Crippen molar-refractivity contribution in [3.05, 3.63) is 60.6 Å². The molecule has 0 fully saturated rings. The smallest absolute Gasteiger partial charge is 0.336 e. The van der Waals surface area contributed by atoms with Crippen LogP contribution in [0.3, 0.4) is 0 Å². The van der Waals surface area contributed by atoms with Crippen molar-refractivity contribution in [1.82, 2.24) is 14.8 Å². The molecule has 0 spiro atoms. The molecule has 0 saturated heterocycles. The number of pyridine rings is 1. The minimum Gasteiger partial charge on any atom is -0.478 e. The fourth-order valence-corrected chi connectivity index (χ4v) is 2.06. The van der Waals surface area contributed by atoms with Crippen LogP contribution in [0.4, 0.5) is 5.82 Å². The number of nitrogens with two attached hydrogens (primary N) is 1. The molecular formula is C15H12N4O2. The zero-order valence-electron chi connectivity index (χ0n) is 11.0. The minimum absolute atomic E-state index is 0.107. The van der Waals surface area contributed by atoms with E-state index in [4.69, 9.17) is 5.73 Å². The molecule has 2 aromatic heterocycles. The molecule has 3 rings (SSSR count). The Hall–Kier alpha value is -3.15. The van der Waals surface area contributed by atoms with E-state index >= 15 is 0 Å². The van der Waals surface area contributed by atoms with Gasteiger partial charge >= 0.3 is 5.97 Å². The molecule has 0 aliphatic rings. The topological polar surface area (TPSA) is 94.0 Å². The third-order valence-electron chi connectivity index (χ3n) is 3.07. The van der Waals surface area contributed by atoms with Gasteiger partial charge in [-0.1, -0.05) is 18.2 Å². The molecule has 0 atom stereocenters. The molecule has 0 aliphatic heterocycles. The Morgan fingerprint density at radius 3 is 2.67 bits per heavy atom. The van der Waals surface area contributed by atoms with E-state index in [2.05, 4.69) is 10.1 Å². The minimum atomic E-state index is -1.05. The second-order valence-electron chi connectivity index (χ2n) is 4.47. The number of hydrogen-bond acceptors (Lipinski definition) is 4. The molecule has 2 heterocycles. The Kier molecular flexibility index (Phi) is 3.12. The first-order valence-electron chi connectivity index (χ1n) is 6.24. The van der Waals surface area contributed by atoms with Gasteiger partial charge in [0.1, 0.15) is 5.82 Å². The Balaban J connectivity index is 2.07. The number of aromatic carboxylic acids is 1. The highest BCUT2D eigenvalue weighted by molar-refractivity contribution is 5.96. The zero-order valence-corrected chi connectivity index (χ0v) is 11.0. The largest absolute Gasteiger partial charge is 0.478 e. The summed E-state index contributed by atoms with van der Waals surface area (Å²) in [7, 11) is 0. The van der Waals surface area contributed by atoms with E-state index in [0.717, 1.165) is 5.69 Å². The number of carboxylic acids is 1. The second-order valence-corrected chi connectivity index (χ2v) is 4.47. The van der Waals surface area contributed by atoms with Gasteiger partial charge in [-0.25, -0.2) is 14.5 Å². The van der Waals surface area contributed by atoms with Crippen molar-refractivity contribution in [3.63, 3.8) is 0 Å². The van der Waals surface area contributed by atoms with E-state index in [1.807, 2.05) is 30.3 Å². The standard InChI is InChI=1S/C15H12N4O2/c16-14-6-12(15(20)21)13(8-17-14)10-7-18-19(9-10)11-4-2-1-3-5-11/h1-9H,(H2,16,17)(H,20,21). The first-order valence-corrected chi connectivity index (χ1v) is 6.24. The molecule has 0 amide bonds. The lowest BCUT2D eigenvalue weighted by molar-refractivity contribution is 0.0697. The van der Waals surface area contributed by atoms with Crippen molar-refractivity contribution in [3.8, 4) is 16.8 Å². The Bertz CT molecular complexity index is 796. The monoisotopic (exact) mass is 280 g/mol. The van der Waals surface area contributed by atoms with E-state index in [9.17, 15) is 9.90 Å². The highest BCUT2D eigenvalue weighted by Gasteiger charge is 2.14. The number of anilines is 1. The van der Waals surface area contributed by atoms with Crippen molar-refractivity contribution < 1.29 is 9.90 Å². The van der Waals surface area contributed by atoms with Gasteiger partial charge in [0.25, 0.3) is 0 Å². The van der Waals surface area contributed by atoms with Gasteiger partial charge in [-0.15, -0.1) is 0 Å². The number of para-hydroxylation sites is 1. The summed E-state index contributed by atoms with van der Waals surface area (Å²) < 4.78 is 1.68. The van der Waals surface area contributed by atoms with E-state index in [1.165, 1.54) is 12.3 Å². The van der Waals surface area contributed by atoms with E-state index < -0.39 is 5.97 Å². The Labute approximate surface area is 120 Å². The van der Waals surface area contributed by atoms with Gasteiger partial charge in [0.2, 0.25) is 0 Å². The Morgan fingerprint density at radius 1 is 1.19 bits per heavy atom. The average molecular weight is 280 g/mol. The normalized spacial score (nSPS) is 10.5. The van der Waals surface area contributed by atoms with Gasteiger partial charge in [-0.05, 0) is 18.2 Å². The lowest BCUT2D eigenvalue weighted by atomic mass is 10.1. The molecular weight excluding hydrogens is 268 g/mol. The molecule has 0 radical (unpaired) electrons. The quantitative estimate of drug-likeness (QED) is 0.767. The molecule has 104 valence electrons. The summed E-state index contributed by atoms with van der Waals surface area (Å²) in [6.07, 6.45) is 4.81. The molecule has 0 saturated carbocycles. The summed E-state index contributed by atoms with van der Waals surface area (Å²) in [6, 6.07) is 10.9. The van der Waals surface area contributed by atoms with Crippen molar-refractivity contribution >= 4 is 11.8 Å². The number of carbonyl (C=O) groups is 1. The molecule has 0 unspecified atom stereocenters. The highest BCUT2D eigenvalue weighted by atomic mass is 16.4. The van der Waals surface area contributed by atoms with E-state index in [1.54, 1.807) is 17.1 Å². The van der Waals surface area contributed by atoms with Crippen molar-refractivity contribution in [2.75, 3.05) is 5.73 Å². The predicted octanol–water partition coefficient (Wildman–Crippen LogP) is 2.21. The second kappa shape index (κ2) is 5.09. The lowest BCUT2D eigenvalue weighted by Gasteiger charge is -2.04. The molecule has 21 heavy (non-hydrogen) atoms. The number of nitrogens with zero attached hydrogens (tertiary/aromatic N) is 3. The molecule has 0 bridgehead atoms. The molecule has 3 aromatic rings. The zero-order chi connectivity index (χ0) is 14.8. The van der Waals surface area contributed by atoms with Crippen molar-refractivity contribution in [2.45, 2.75) is 0 Å². The maximum absolute atomic E-state index is 11.3. The third kappa shape index (κ3) is 2.46. The van der Waals surface area contributed by atoms with Gasteiger partial charge in [-0.2, -0.15) is 5.10 Å². The van der Waals surface area contributed by atoms with Crippen LogP contribution in [0.1, 0.15) is 10.4 Å². The van der Waals surface area contributed by atoms with Crippen LogP contribution in [-0.4, -0.2) is 25.8 Å². The van der Waals surface area contributed by atoms with Crippen LogP contribution in [0.2, 0.25) is 0 Å². The van der Waals surface area contributed by atoms with Crippen LogP contribution < -0.4 is 5.73 Å². The summed E-state index contributed by atoms with van der Waals surface area (Å²) in [6.45, 7) is 0. The first kappa shape index (κ1) is 12.9. The van der Waals surface area contributed by atoms with Crippen molar-refractivity contribution in [2.24, 2.45) is 0 Å². The SMILES string of the molecule is Nc1cc(C(=O)O)c(-c2cnn(-c3ccccc3)c2)cn1. The van der Waals surface area contributed by atoms with Crippen LogP contribution >= 0.6 is 0 Å². The summed E-state index contributed by atoms with van der Waals surface area (Å²) in [5, 5.41) is 13.5. The maximum Gasteiger partial charge on any atom is 0.336 e. The number of aromatic nitrogens is 3. The molecule has 1 aromatic carbocycles. The molecule has 6 nitrogen and oxygen atoms in total. The van der Waals surface area contributed by atoms with Gasteiger partial charge in [0, 0.05) is 23.5 Å². The predicted molar refractivity (Wildman–Crippen MR) is 78.2 cm³/mol. The van der Waals surface area contributed by atoms with Crippen LogP contribution in [-0.2, 0) is 0 Å². The first-order chi connectivity index (χ1) is 10.1. The fraction of sp³-hybridized carbons (Fsp3) is 0. The number of hydrogen-bond donors (Lipinski definition) is 2. The average Bonchev–Trinajstić information content (AvgIpc) is 2.97. The summed E-state index contributed by atoms with van der Waals surface area (Å²) in [4.78, 5) is 15.3. The number of rotatable bonds is 3. The summed E-state index contributed by atoms with van der Waals surface area (Å²) in [5.41, 5.74) is 7.70. The van der Waals surface area contributed by atoms with Gasteiger partial charge in [0.05, 0.1) is 17.4 Å². The van der Waals surface area contributed by atoms with Gasteiger partial charge < -0.3 is 10.8 Å². The van der Waals surface area contributed by atoms with Crippen LogP contribution in [0, 0.1) is 0 Å². The van der Waals surface area contributed by atoms with Gasteiger partial charge in [0.15, 0.2) is 0 Å². The number of carboxylic acid groups (broad SMARTS) is 1. The van der Waals surface area contributed by atoms with Crippen molar-refractivity contribution in [1.29, 1.82) is 0 Å². The fourth-order valence-electron chi connectivity index (χ4n) is 2.06. The van der Waals surface area contributed by atoms with Crippen LogP contribution in [0.5, 0.6) is 0 Å². The van der Waals surface area contributed by atoms with E-state index in [0.29, 0.717) is 11.1 Å². The van der Waals surface area contributed by atoms with E-state index in [-0.39, 0.29) is 11.4 Å². The number of nitrogen functional groups attached to an aromatic ring is 1. The maximum atomic E-state index is 11.3. The van der Waals surface area contributed by atoms with Gasteiger partial charge in [-0.3, -0.25) is 0 Å².